The first-order valence-electron chi connectivity index (χ1n) is 9.65. The Morgan fingerprint density at radius 3 is 2.69 bits per heavy atom. The number of benzene rings is 1. The van der Waals surface area contributed by atoms with Gasteiger partial charge in [0.2, 0.25) is 5.91 Å². The summed E-state index contributed by atoms with van der Waals surface area (Å²) in [4.78, 5) is 16.6. The highest BCUT2D eigenvalue weighted by atomic mass is 16.5. The Morgan fingerprint density at radius 1 is 1.31 bits per heavy atom. The summed E-state index contributed by atoms with van der Waals surface area (Å²) in [5, 5.41) is 13.3. The molecular weight excluding hydrogens is 330 g/mol. The number of piperazine rings is 1. The van der Waals surface area contributed by atoms with Crippen molar-refractivity contribution < 1.29 is 14.6 Å². The highest BCUT2D eigenvalue weighted by Gasteiger charge is 2.30. The number of aliphatic hydroxyl groups excluding tert-OH is 1. The summed E-state index contributed by atoms with van der Waals surface area (Å²) in [5.41, 5.74) is 1.15. The number of rotatable bonds is 8. The van der Waals surface area contributed by atoms with E-state index in [4.69, 9.17) is 4.74 Å². The van der Waals surface area contributed by atoms with E-state index in [0.29, 0.717) is 19.2 Å². The fourth-order valence-electron chi connectivity index (χ4n) is 3.30. The van der Waals surface area contributed by atoms with E-state index < -0.39 is 6.10 Å². The van der Waals surface area contributed by atoms with Gasteiger partial charge in [0.25, 0.3) is 0 Å². The van der Waals surface area contributed by atoms with Crippen molar-refractivity contribution >= 4 is 5.91 Å². The quantitative estimate of drug-likeness (QED) is 0.724. The minimum absolute atomic E-state index is 0.0765. The van der Waals surface area contributed by atoms with E-state index >= 15 is 0 Å². The third kappa shape index (κ3) is 5.69. The van der Waals surface area contributed by atoms with Gasteiger partial charge in [0.15, 0.2) is 0 Å². The van der Waals surface area contributed by atoms with Crippen LogP contribution in [0.2, 0.25) is 0 Å². The normalized spacial score (nSPS) is 21.2. The Kier molecular flexibility index (Phi) is 6.51. The summed E-state index contributed by atoms with van der Waals surface area (Å²) in [6.07, 6.45) is 1.72. The highest BCUT2D eigenvalue weighted by molar-refractivity contribution is 5.81. The molecule has 144 valence electrons. The molecule has 0 bridgehead atoms. The Balaban J connectivity index is 1.35. The minimum Gasteiger partial charge on any atom is -0.491 e. The average molecular weight is 361 g/mol. The van der Waals surface area contributed by atoms with Crippen LogP contribution < -0.4 is 10.1 Å². The summed E-state index contributed by atoms with van der Waals surface area (Å²) >= 11 is 0. The Labute approximate surface area is 156 Å². The smallest absolute Gasteiger partial charge is 0.237 e. The predicted molar refractivity (Wildman–Crippen MR) is 101 cm³/mol. The van der Waals surface area contributed by atoms with Gasteiger partial charge < -0.3 is 15.2 Å². The van der Waals surface area contributed by atoms with Crippen LogP contribution in [0.25, 0.3) is 0 Å². The van der Waals surface area contributed by atoms with E-state index in [0.717, 1.165) is 50.3 Å². The van der Waals surface area contributed by atoms with Crippen molar-refractivity contribution in [1.29, 1.82) is 0 Å². The van der Waals surface area contributed by atoms with E-state index in [1.54, 1.807) is 0 Å². The second kappa shape index (κ2) is 8.84. The van der Waals surface area contributed by atoms with Gasteiger partial charge in [0, 0.05) is 38.8 Å². The SMILES string of the molecule is Cc1cccc(OCC(O)CN2CCN(C(C)C(=O)NC3CC3)CC2)c1. The average Bonchev–Trinajstić information content (AvgIpc) is 3.44. The van der Waals surface area contributed by atoms with Gasteiger partial charge in [-0.05, 0) is 44.4 Å². The standard InChI is InChI=1S/C20H31N3O3/c1-15-4-3-5-19(12-15)26-14-18(24)13-22-8-10-23(11-9-22)16(2)20(25)21-17-6-7-17/h3-5,12,16-18,24H,6-11,13-14H2,1-2H3,(H,21,25). The van der Waals surface area contributed by atoms with Crippen molar-refractivity contribution in [3.63, 3.8) is 0 Å². The van der Waals surface area contributed by atoms with Crippen LogP contribution in [0, 0.1) is 6.92 Å². The molecule has 1 aromatic rings. The predicted octanol–water partition coefficient (Wildman–Crippen LogP) is 1.02. The zero-order valence-electron chi connectivity index (χ0n) is 15.9. The molecule has 26 heavy (non-hydrogen) atoms. The van der Waals surface area contributed by atoms with Crippen molar-refractivity contribution in [2.75, 3.05) is 39.3 Å². The summed E-state index contributed by atoms with van der Waals surface area (Å²) in [5.74, 6) is 0.942. The van der Waals surface area contributed by atoms with Gasteiger partial charge in [-0.25, -0.2) is 0 Å². The number of carbonyl (C=O) groups excluding carboxylic acids is 1. The number of aliphatic hydroxyl groups is 1. The van der Waals surface area contributed by atoms with Crippen LogP contribution in [0.1, 0.15) is 25.3 Å². The van der Waals surface area contributed by atoms with E-state index in [1.165, 1.54) is 0 Å². The van der Waals surface area contributed by atoms with Crippen LogP contribution in [-0.2, 0) is 4.79 Å². The third-order valence-corrected chi connectivity index (χ3v) is 5.16. The van der Waals surface area contributed by atoms with Gasteiger partial charge in [-0.3, -0.25) is 14.6 Å². The lowest BCUT2D eigenvalue weighted by Gasteiger charge is -2.38. The third-order valence-electron chi connectivity index (χ3n) is 5.16. The monoisotopic (exact) mass is 361 g/mol. The number of nitrogens with zero attached hydrogens (tertiary/aromatic N) is 2. The van der Waals surface area contributed by atoms with E-state index in [1.807, 2.05) is 38.1 Å². The number of hydrogen-bond acceptors (Lipinski definition) is 5. The second-order valence-electron chi connectivity index (χ2n) is 7.58. The van der Waals surface area contributed by atoms with Crippen LogP contribution in [0.3, 0.4) is 0 Å². The first-order chi connectivity index (χ1) is 12.5. The lowest BCUT2D eigenvalue weighted by Crippen LogP contribution is -2.55. The van der Waals surface area contributed by atoms with E-state index in [-0.39, 0.29) is 11.9 Å². The lowest BCUT2D eigenvalue weighted by molar-refractivity contribution is -0.126. The summed E-state index contributed by atoms with van der Waals surface area (Å²) in [6.45, 7) is 8.33. The molecule has 2 fully saturated rings. The number of ether oxygens (including phenoxy) is 1. The minimum atomic E-state index is -0.516. The van der Waals surface area contributed by atoms with Crippen LogP contribution >= 0.6 is 0 Å². The topological polar surface area (TPSA) is 65.0 Å². The first kappa shape index (κ1) is 19.1. The number of carbonyl (C=O) groups is 1. The molecule has 1 aliphatic heterocycles. The lowest BCUT2D eigenvalue weighted by atomic mass is 10.2. The van der Waals surface area contributed by atoms with E-state index in [9.17, 15) is 9.90 Å². The Morgan fingerprint density at radius 2 is 2.04 bits per heavy atom. The summed E-state index contributed by atoms with van der Waals surface area (Å²) in [7, 11) is 0. The zero-order chi connectivity index (χ0) is 18.5. The molecule has 0 aromatic heterocycles. The molecule has 1 amide bonds. The summed E-state index contributed by atoms with van der Waals surface area (Å²) < 4.78 is 5.68. The fraction of sp³-hybridized carbons (Fsp3) is 0.650. The largest absolute Gasteiger partial charge is 0.491 e. The maximum Gasteiger partial charge on any atom is 0.237 e. The zero-order valence-corrected chi connectivity index (χ0v) is 15.9. The van der Waals surface area contributed by atoms with Gasteiger partial charge in [-0.2, -0.15) is 0 Å². The van der Waals surface area contributed by atoms with Crippen LogP contribution in [-0.4, -0.2) is 78.3 Å². The van der Waals surface area contributed by atoms with Gasteiger partial charge in [-0.1, -0.05) is 12.1 Å². The second-order valence-corrected chi connectivity index (χ2v) is 7.58. The molecule has 3 rings (SSSR count). The van der Waals surface area contributed by atoms with Crippen LogP contribution in [0.15, 0.2) is 24.3 Å². The highest BCUT2D eigenvalue weighted by Crippen LogP contribution is 2.19. The van der Waals surface area contributed by atoms with Crippen molar-refractivity contribution in [1.82, 2.24) is 15.1 Å². The molecule has 1 saturated carbocycles. The van der Waals surface area contributed by atoms with Gasteiger partial charge in [0.1, 0.15) is 18.5 Å². The molecule has 2 atom stereocenters. The Hall–Kier alpha value is -1.63. The molecule has 1 heterocycles. The van der Waals surface area contributed by atoms with Crippen molar-refractivity contribution in [2.24, 2.45) is 0 Å². The van der Waals surface area contributed by atoms with Gasteiger partial charge in [0.05, 0.1) is 6.04 Å². The molecule has 2 unspecified atom stereocenters. The van der Waals surface area contributed by atoms with Crippen LogP contribution in [0.4, 0.5) is 0 Å². The maximum absolute atomic E-state index is 12.2. The molecule has 2 aliphatic rings. The van der Waals surface area contributed by atoms with Crippen molar-refractivity contribution in [3.8, 4) is 5.75 Å². The number of hydrogen-bond donors (Lipinski definition) is 2. The first-order valence-corrected chi connectivity index (χ1v) is 9.65. The molecule has 1 aromatic carbocycles. The van der Waals surface area contributed by atoms with Crippen molar-refractivity contribution in [2.45, 2.75) is 44.9 Å². The molecule has 6 heteroatoms. The maximum atomic E-state index is 12.2. The molecule has 1 aliphatic carbocycles. The molecule has 2 N–H and O–H groups in total. The fourth-order valence-corrected chi connectivity index (χ4v) is 3.30. The molecule has 1 saturated heterocycles. The van der Waals surface area contributed by atoms with Gasteiger partial charge in [-0.15, -0.1) is 0 Å². The molecule has 0 spiro atoms. The molecule has 6 nitrogen and oxygen atoms in total. The molecule has 0 radical (unpaired) electrons. The summed E-state index contributed by atoms with van der Waals surface area (Å²) in [6, 6.07) is 8.19. The molecular formula is C20H31N3O3. The number of aryl methyl sites for hydroxylation is 1. The number of amides is 1. The van der Waals surface area contributed by atoms with Crippen molar-refractivity contribution in [3.05, 3.63) is 29.8 Å². The van der Waals surface area contributed by atoms with E-state index in [2.05, 4.69) is 15.1 Å². The van der Waals surface area contributed by atoms with Crippen LogP contribution in [0.5, 0.6) is 5.75 Å². The Bertz CT molecular complexity index is 598. The van der Waals surface area contributed by atoms with Gasteiger partial charge >= 0.3 is 0 Å². The number of nitrogens with one attached hydrogen (secondary N) is 1. The number of β-amino-alcohol motifs (C(OH)–C–C–N with tert-alkyl or cyclic N) is 1.